The predicted octanol–water partition coefficient (Wildman–Crippen LogP) is 0.393. The van der Waals surface area contributed by atoms with Gasteiger partial charge in [-0.25, -0.2) is 0 Å². The molecule has 0 aliphatic rings. The molecular weight excluding hydrogens is 170 g/mol. The molecule has 0 amide bonds. The smallest absolute Gasteiger partial charge is 0.128 e. The quantitative estimate of drug-likeness (QED) is 0.633. The third kappa shape index (κ3) is 1.91. The Morgan fingerprint density at radius 3 is 2.77 bits per heavy atom. The second kappa shape index (κ2) is 4.11. The molecule has 13 heavy (non-hydrogen) atoms. The van der Waals surface area contributed by atoms with Crippen molar-refractivity contribution in [3.05, 3.63) is 23.8 Å². The highest BCUT2D eigenvalue weighted by Crippen LogP contribution is 2.32. The van der Waals surface area contributed by atoms with Gasteiger partial charge in [0.2, 0.25) is 0 Å². The summed E-state index contributed by atoms with van der Waals surface area (Å²) in [6.45, 7) is 0.0495. The maximum atomic E-state index is 9.46. The molecule has 0 saturated carbocycles. The monoisotopic (exact) mass is 183 g/mol. The number of phenolic OH excluding ortho intramolecular Hbond substituents is 1. The van der Waals surface area contributed by atoms with Gasteiger partial charge in [0, 0.05) is 6.54 Å². The number of aliphatic hydroxyl groups is 1. The molecule has 4 nitrogen and oxygen atoms in total. The zero-order valence-electron chi connectivity index (χ0n) is 7.40. The Balaban J connectivity index is 3.14. The van der Waals surface area contributed by atoms with Crippen LogP contribution < -0.4 is 10.5 Å². The van der Waals surface area contributed by atoms with Crippen LogP contribution in [-0.2, 0) is 0 Å². The predicted molar refractivity (Wildman–Crippen MR) is 48.7 cm³/mol. The van der Waals surface area contributed by atoms with E-state index in [0.717, 1.165) is 0 Å². The van der Waals surface area contributed by atoms with Crippen LogP contribution in [0.25, 0.3) is 0 Å². The van der Waals surface area contributed by atoms with E-state index in [2.05, 4.69) is 0 Å². The van der Waals surface area contributed by atoms with Gasteiger partial charge in [-0.2, -0.15) is 0 Å². The summed E-state index contributed by atoms with van der Waals surface area (Å²) in [5.74, 6) is 0.440. The van der Waals surface area contributed by atoms with E-state index >= 15 is 0 Å². The summed E-state index contributed by atoms with van der Waals surface area (Å²) in [5.41, 5.74) is 5.62. The Labute approximate surface area is 76.6 Å². The highest BCUT2D eigenvalue weighted by molar-refractivity contribution is 5.45. The van der Waals surface area contributed by atoms with E-state index in [0.29, 0.717) is 11.3 Å². The van der Waals surface area contributed by atoms with Gasteiger partial charge in [0.1, 0.15) is 11.5 Å². The van der Waals surface area contributed by atoms with E-state index in [1.807, 2.05) is 0 Å². The minimum Gasteiger partial charge on any atom is -0.507 e. The van der Waals surface area contributed by atoms with E-state index in [4.69, 9.17) is 10.5 Å². The van der Waals surface area contributed by atoms with Gasteiger partial charge in [-0.05, 0) is 12.1 Å². The van der Waals surface area contributed by atoms with Crippen molar-refractivity contribution in [2.24, 2.45) is 5.73 Å². The average molecular weight is 183 g/mol. The minimum atomic E-state index is -0.892. The zero-order valence-corrected chi connectivity index (χ0v) is 7.40. The van der Waals surface area contributed by atoms with Crippen molar-refractivity contribution in [1.82, 2.24) is 0 Å². The van der Waals surface area contributed by atoms with Crippen LogP contribution in [0, 0.1) is 0 Å². The molecule has 4 N–H and O–H groups in total. The van der Waals surface area contributed by atoms with Gasteiger partial charge in [0.25, 0.3) is 0 Å². The topological polar surface area (TPSA) is 75.7 Å². The number of hydrogen-bond acceptors (Lipinski definition) is 4. The number of hydrogen-bond donors (Lipinski definition) is 3. The first-order valence-corrected chi connectivity index (χ1v) is 3.94. The largest absolute Gasteiger partial charge is 0.507 e. The van der Waals surface area contributed by atoms with Crippen molar-refractivity contribution < 1.29 is 14.9 Å². The van der Waals surface area contributed by atoms with Gasteiger partial charge in [-0.1, -0.05) is 6.07 Å². The summed E-state index contributed by atoms with van der Waals surface area (Å²) in [6.07, 6.45) is -0.892. The van der Waals surface area contributed by atoms with E-state index in [1.54, 1.807) is 12.1 Å². The summed E-state index contributed by atoms with van der Waals surface area (Å²) in [4.78, 5) is 0. The highest BCUT2D eigenvalue weighted by atomic mass is 16.5. The van der Waals surface area contributed by atoms with E-state index in [-0.39, 0.29) is 12.3 Å². The van der Waals surface area contributed by atoms with Crippen molar-refractivity contribution in [1.29, 1.82) is 0 Å². The van der Waals surface area contributed by atoms with Crippen LogP contribution in [0.5, 0.6) is 11.5 Å². The lowest BCUT2D eigenvalue weighted by Crippen LogP contribution is -2.12. The van der Waals surface area contributed by atoms with Crippen LogP contribution in [0.2, 0.25) is 0 Å². The molecule has 0 fully saturated rings. The van der Waals surface area contributed by atoms with Gasteiger partial charge in [0.15, 0.2) is 0 Å². The maximum Gasteiger partial charge on any atom is 0.128 e. The molecule has 0 radical (unpaired) electrons. The van der Waals surface area contributed by atoms with E-state index in [1.165, 1.54) is 13.2 Å². The first kappa shape index (κ1) is 9.83. The number of phenols is 1. The fourth-order valence-corrected chi connectivity index (χ4v) is 1.16. The molecule has 0 heterocycles. The Kier molecular flexibility index (Phi) is 3.11. The molecule has 1 aromatic carbocycles. The first-order chi connectivity index (χ1) is 6.20. The molecule has 0 bridgehead atoms. The number of rotatable bonds is 3. The summed E-state index contributed by atoms with van der Waals surface area (Å²) >= 11 is 0. The molecule has 1 unspecified atom stereocenters. The number of methoxy groups -OCH3 is 1. The lowest BCUT2D eigenvalue weighted by atomic mass is 10.1. The lowest BCUT2D eigenvalue weighted by Gasteiger charge is -2.14. The summed E-state index contributed by atoms with van der Waals surface area (Å²) in [7, 11) is 1.47. The molecule has 0 aromatic heterocycles. The van der Waals surface area contributed by atoms with Crippen LogP contribution in [0.1, 0.15) is 11.7 Å². The molecular formula is C9H13NO3. The number of ether oxygens (including phenoxy) is 1. The zero-order chi connectivity index (χ0) is 9.84. The first-order valence-electron chi connectivity index (χ1n) is 3.94. The number of nitrogens with two attached hydrogens (primary N) is 1. The Bertz CT molecular complexity index is 288. The molecule has 0 aliphatic heterocycles. The van der Waals surface area contributed by atoms with Crippen LogP contribution in [0.4, 0.5) is 0 Å². The fraction of sp³-hybridized carbons (Fsp3) is 0.333. The molecule has 4 heteroatoms. The van der Waals surface area contributed by atoms with Gasteiger partial charge in [0.05, 0.1) is 18.8 Å². The lowest BCUT2D eigenvalue weighted by molar-refractivity contribution is 0.178. The summed E-state index contributed by atoms with van der Waals surface area (Å²) in [5, 5.41) is 18.9. The highest BCUT2D eigenvalue weighted by Gasteiger charge is 2.15. The van der Waals surface area contributed by atoms with E-state index in [9.17, 15) is 10.2 Å². The van der Waals surface area contributed by atoms with Crippen LogP contribution >= 0.6 is 0 Å². The standard InChI is InChI=1S/C9H13NO3/c1-13-8-4-2-3-6(11)9(8)7(12)5-10/h2-4,7,11-12H,5,10H2,1H3. The third-order valence-electron chi connectivity index (χ3n) is 1.82. The van der Waals surface area contributed by atoms with Crippen molar-refractivity contribution in [3.63, 3.8) is 0 Å². The molecule has 1 rings (SSSR count). The second-order valence-electron chi connectivity index (χ2n) is 2.64. The SMILES string of the molecule is COc1cccc(O)c1C(O)CN. The Morgan fingerprint density at radius 2 is 2.23 bits per heavy atom. The van der Waals surface area contributed by atoms with Crippen molar-refractivity contribution in [3.8, 4) is 11.5 Å². The number of aromatic hydroxyl groups is 1. The summed E-state index contributed by atoms with van der Waals surface area (Å²) in [6, 6.07) is 4.78. The average Bonchev–Trinajstić information content (AvgIpc) is 2.16. The van der Waals surface area contributed by atoms with Crippen LogP contribution in [-0.4, -0.2) is 23.9 Å². The normalized spacial score (nSPS) is 12.5. The van der Waals surface area contributed by atoms with E-state index < -0.39 is 6.10 Å². The van der Waals surface area contributed by atoms with Gasteiger partial charge in [-0.3, -0.25) is 0 Å². The minimum absolute atomic E-state index is 0.00250. The molecule has 0 aliphatic carbocycles. The van der Waals surface area contributed by atoms with Gasteiger partial charge >= 0.3 is 0 Å². The van der Waals surface area contributed by atoms with Crippen molar-refractivity contribution >= 4 is 0 Å². The van der Waals surface area contributed by atoms with Gasteiger partial charge < -0.3 is 20.7 Å². The van der Waals surface area contributed by atoms with Crippen LogP contribution in [0.15, 0.2) is 18.2 Å². The molecule has 1 aromatic rings. The number of aliphatic hydroxyl groups excluding tert-OH is 1. The molecule has 1 atom stereocenters. The Morgan fingerprint density at radius 1 is 1.54 bits per heavy atom. The molecule has 72 valence electrons. The van der Waals surface area contributed by atoms with Crippen molar-refractivity contribution in [2.75, 3.05) is 13.7 Å². The van der Waals surface area contributed by atoms with Gasteiger partial charge in [-0.15, -0.1) is 0 Å². The summed E-state index contributed by atoms with van der Waals surface area (Å²) < 4.78 is 4.97. The fourth-order valence-electron chi connectivity index (χ4n) is 1.16. The third-order valence-corrected chi connectivity index (χ3v) is 1.82. The van der Waals surface area contributed by atoms with Crippen LogP contribution in [0.3, 0.4) is 0 Å². The Hall–Kier alpha value is -1.26. The number of benzene rings is 1. The second-order valence-corrected chi connectivity index (χ2v) is 2.64. The maximum absolute atomic E-state index is 9.46. The van der Waals surface area contributed by atoms with Crippen molar-refractivity contribution in [2.45, 2.75) is 6.10 Å². The molecule has 0 spiro atoms. The molecule has 0 saturated heterocycles.